The van der Waals surface area contributed by atoms with Crippen LogP contribution in [-0.4, -0.2) is 36.1 Å². The number of nitrogens with one attached hydrogen (secondary N) is 1. The summed E-state index contributed by atoms with van der Waals surface area (Å²) >= 11 is 0. The summed E-state index contributed by atoms with van der Waals surface area (Å²) in [5.41, 5.74) is 2.22. The van der Waals surface area contributed by atoms with Gasteiger partial charge in [-0.2, -0.15) is 0 Å². The van der Waals surface area contributed by atoms with Crippen molar-refractivity contribution in [2.45, 2.75) is 19.4 Å². The zero-order valence-corrected chi connectivity index (χ0v) is 16.4. The molecule has 1 fully saturated rings. The van der Waals surface area contributed by atoms with Crippen LogP contribution in [0.4, 0.5) is 4.39 Å². The lowest BCUT2D eigenvalue weighted by atomic mass is 9.81. The molecule has 2 aromatic carbocycles. The molecule has 0 saturated carbocycles. The van der Waals surface area contributed by atoms with Gasteiger partial charge in [0.25, 0.3) is 0 Å². The van der Waals surface area contributed by atoms with Gasteiger partial charge < -0.3 is 9.84 Å². The Kier molecular flexibility index (Phi) is 5.45. The average molecular weight is 393 g/mol. The van der Waals surface area contributed by atoms with E-state index in [9.17, 15) is 9.18 Å². The molecule has 5 nitrogen and oxygen atoms in total. The van der Waals surface area contributed by atoms with Crippen LogP contribution in [0.2, 0.25) is 0 Å². The van der Waals surface area contributed by atoms with Crippen LogP contribution in [0.25, 0.3) is 11.3 Å². The van der Waals surface area contributed by atoms with Crippen molar-refractivity contribution >= 4 is 5.91 Å². The van der Waals surface area contributed by atoms with Gasteiger partial charge in [-0.25, -0.2) is 4.39 Å². The summed E-state index contributed by atoms with van der Waals surface area (Å²) < 4.78 is 18.7. The first-order valence-corrected chi connectivity index (χ1v) is 9.78. The molecule has 0 unspecified atom stereocenters. The number of likely N-dealkylation sites (tertiary alicyclic amines) is 1. The van der Waals surface area contributed by atoms with E-state index in [0.717, 1.165) is 29.8 Å². The highest BCUT2D eigenvalue weighted by Crippen LogP contribution is 2.36. The molecule has 0 radical (unpaired) electrons. The third kappa shape index (κ3) is 4.22. The second-order valence-electron chi connectivity index (χ2n) is 7.67. The number of rotatable bonds is 6. The smallest absolute Gasteiger partial charge is 0.227 e. The second kappa shape index (κ2) is 8.17. The van der Waals surface area contributed by atoms with Gasteiger partial charge in [0, 0.05) is 38.2 Å². The summed E-state index contributed by atoms with van der Waals surface area (Å²) in [4.78, 5) is 15.0. The Morgan fingerprint density at radius 2 is 1.97 bits per heavy atom. The van der Waals surface area contributed by atoms with Crippen LogP contribution in [-0.2, 0) is 17.8 Å². The predicted molar refractivity (Wildman–Crippen MR) is 108 cm³/mol. The van der Waals surface area contributed by atoms with Crippen LogP contribution in [0.1, 0.15) is 17.7 Å². The molecule has 29 heavy (non-hydrogen) atoms. The van der Waals surface area contributed by atoms with Crippen LogP contribution in [0.3, 0.4) is 0 Å². The van der Waals surface area contributed by atoms with Crippen LogP contribution in [0.15, 0.2) is 65.2 Å². The van der Waals surface area contributed by atoms with Crippen molar-refractivity contribution in [2.75, 3.05) is 20.1 Å². The first-order valence-electron chi connectivity index (χ1n) is 9.78. The van der Waals surface area contributed by atoms with Crippen molar-refractivity contribution in [1.82, 2.24) is 15.4 Å². The van der Waals surface area contributed by atoms with E-state index in [2.05, 4.69) is 15.4 Å². The minimum Gasteiger partial charge on any atom is -0.361 e. The normalized spacial score (nSPS) is 19.4. The zero-order valence-electron chi connectivity index (χ0n) is 16.4. The van der Waals surface area contributed by atoms with Gasteiger partial charge in [0.05, 0.1) is 5.41 Å². The number of aromatic nitrogens is 1. The number of carbonyl (C=O) groups is 1. The fourth-order valence-electron chi connectivity index (χ4n) is 4.09. The van der Waals surface area contributed by atoms with Gasteiger partial charge in [-0.1, -0.05) is 47.6 Å². The van der Waals surface area contributed by atoms with Crippen molar-refractivity contribution in [3.63, 3.8) is 0 Å². The first kappa shape index (κ1) is 19.3. The molecule has 1 atom stereocenters. The number of amides is 1. The highest BCUT2D eigenvalue weighted by Gasteiger charge is 2.45. The van der Waals surface area contributed by atoms with Gasteiger partial charge in [0.15, 0.2) is 0 Å². The first-order chi connectivity index (χ1) is 14.1. The molecule has 6 heteroatoms. The zero-order chi connectivity index (χ0) is 20.3. The van der Waals surface area contributed by atoms with Crippen molar-refractivity contribution in [1.29, 1.82) is 0 Å². The van der Waals surface area contributed by atoms with E-state index < -0.39 is 5.41 Å². The summed E-state index contributed by atoms with van der Waals surface area (Å²) in [6.07, 6.45) is 1.22. The molecule has 1 aromatic heterocycles. The number of hydrogen-bond donors (Lipinski definition) is 1. The van der Waals surface area contributed by atoms with Crippen molar-refractivity contribution in [3.8, 4) is 11.3 Å². The van der Waals surface area contributed by atoms with E-state index in [4.69, 9.17) is 4.52 Å². The summed E-state index contributed by atoms with van der Waals surface area (Å²) in [6.45, 7) is 2.10. The Labute approximate surface area is 169 Å². The highest BCUT2D eigenvalue weighted by molar-refractivity contribution is 5.83. The Balaban J connectivity index is 1.50. The third-order valence-corrected chi connectivity index (χ3v) is 5.60. The predicted octanol–water partition coefficient (Wildman–Crippen LogP) is 3.66. The summed E-state index contributed by atoms with van der Waals surface area (Å²) in [5, 5.41) is 7.01. The topological polar surface area (TPSA) is 58.4 Å². The van der Waals surface area contributed by atoms with E-state index in [1.807, 2.05) is 36.4 Å². The quantitative estimate of drug-likeness (QED) is 0.694. The molecule has 1 aliphatic heterocycles. The monoisotopic (exact) mass is 393 g/mol. The lowest BCUT2D eigenvalue weighted by molar-refractivity contribution is -0.130. The van der Waals surface area contributed by atoms with Gasteiger partial charge in [-0.3, -0.25) is 9.69 Å². The molecular formula is C23H24FN3O2. The molecule has 0 bridgehead atoms. The van der Waals surface area contributed by atoms with Crippen LogP contribution in [0, 0.1) is 11.2 Å². The minimum atomic E-state index is -0.567. The molecule has 0 spiro atoms. The van der Waals surface area contributed by atoms with Gasteiger partial charge in [0.2, 0.25) is 5.91 Å². The van der Waals surface area contributed by atoms with Gasteiger partial charge in [0.1, 0.15) is 17.3 Å². The maximum Gasteiger partial charge on any atom is 0.227 e. The molecule has 4 rings (SSSR count). The number of halogens is 1. The Morgan fingerprint density at radius 3 is 2.69 bits per heavy atom. The summed E-state index contributed by atoms with van der Waals surface area (Å²) in [5.74, 6) is 0.474. The van der Waals surface area contributed by atoms with E-state index >= 15 is 0 Å². The Hall–Kier alpha value is -2.99. The van der Waals surface area contributed by atoms with Crippen LogP contribution >= 0.6 is 0 Å². The molecular weight excluding hydrogens is 369 g/mol. The molecule has 1 amide bonds. The van der Waals surface area contributed by atoms with Gasteiger partial charge in [-0.05, 0) is 30.7 Å². The van der Waals surface area contributed by atoms with Crippen molar-refractivity contribution in [2.24, 2.45) is 5.41 Å². The Bertz CT molecular complexity index is 971. The lowest BCUT2D eigenvalue weighted by Crippen LogP contribution is -2.43. The van der Waals surface area contributed by atoms with E-state index in [1.165, 1.54) is 12.1 Å². The van der Waals surface area contributed by atoms with Gasteiger partial charge >= 0.3 is 0 Å². The van der Waals surface area contributed by atoms with E-state index in [1.54, 1.807) is 19.2 Å². The number of hydrogen-bond acceptors (Lipinski definition) is 4. The third-order valence-electron chi connectivity index (χ3n) is 5.60. The number of benzene rings is 2. The van der Waals surface area contributed by atoms with E-state index in [-0.39, 0.29) is 11.7 Å². The van der Waals surface area contributed by atoms with Crippen molar-refractivity contribution < 1.29 is 13.7 Å². The lowest BCUT2D eigenvalue weighted by Gasteiger charge is -2.26. The van der Waals surface area contributed by atoms with Gasteiger partial charge in [-0.15, -0.1) is 0 Å². The molecule has 3 aromatic rings. The molecule has 1 aliphatic rings. The Morgan fingerprint density at radius 1 is 1.21 bits per heavy atom. The highest BCUT2D eigenvalue weighted by atomic mass is 19.1. The fourth-order valence-corrected chi connectivity index (χ4v) is 4.09. The molecule has 2 heterocycles. The van der Waals surface area contributed by atoms with Crippen LogP contribution < -0.4 is 5.32 Å². The maximum atomic E-state index is 13.2. The number of nitrogens with zero attached hydrogens (tertiary/aromatic N) is 2. The summed E-state index contributed by atoms with van der Waals surface area (Å²) in [6, 6.07) is 18.3. The largest absolute Gasteiger partial charge is 0.361 e. The molecule has 1 saturated heterocycles. The molecule has 1 N–H and O–H groups in total. The SMILES string of the molecule is CNC(=O)[C@@]1(Cc2cc(-c3ccccc3)no2)CCN(Cc2ccc(F)cc2)C1. The second-order valence-corrected chi connectivity index (χ2v) is 7.67. The maximum absolute atomic E-state index is 13.2. The minimum absolute atomic E-state index is 0.0109. The standard InChI is InChI=1S/C23H24FN3O2/c1-25-22(28)23(11-12-27(16-23)15-17-7-9-19(24)10-8-17)14-20-13-21(26-29-20)18-5-3-2-4-6-18/h2-10,13H,11-12,14-16H2,1H3,(H,25,28)/t23-/m1/s1. The van der Waals surface area contributed by atoms with Crippen molar-refractivity contribution in [3.05, 3.63) is 77.8 Å². The van der Waals surface area contributed by atoms with E-state index in [0.29, 0.717) is 25.3 Å². The molecule has 0 aliphatic carbocycles. The number of carbonyl (C=O) groups excluding carboxylic acids is 1. The van der Waals surface area contributed by atoms with Crippen LogP contribution in [0.5, 0.6) is 0 Å². The average Bonchev–Trinajstić information content (AvgIpc) is 3.38. The fraction of sp³-hybridized carbons (Fsp3) is 0.304. The molecule has 150 valence electrons. The summed E-state index contributed by atoms with van der Waals surface area (Å²) in [7, 11) is 1.67.